The highest BCUT2D eigenvalue weighted by molar-refractivity contribution is 5.74. The van der Waals surface area contributed by atoms with Crippen molar-refractivity contribution in [3.63, 3.8) is 0 Å². The van der Waals surface area contributed by atoms with Crippen molar-refractivity contribution < 1.29 is 27.4 Å². The third-order valence-corrected chi connectivity index (χ3v) is 2.61. The molecule has 0 heterocycles. The zero-order valence-corrected chi connectivity index (χ0v) is 11.6. The molecule has 1 aromatic rings. The van der Waals surface area contributed by atoms with Crippen molar-refractivity contribution in [2.75, 3.05) is 6.61 Å². The summed E-state index contributed by atoms with van der Waals surface area (Å²) in [6.45, 7) is 3.50. The van der Waals surface area contributed by atoms with Crippen LogP contribution in [-0.2, 0) is 22.4 Å². The molecule has 0 radical (unpaired) electrons. The van der Waals surface area contributed by atoms with E-state index in [1.165, 1.54) is 12.1 Å². The molecule has 21 heavy (non-hydrogen) atoms. The molecule has 0 saturated carbocycles. The second-order valence-corrected chi connectivity index (χ2v) is 4.13. The summed E-state index contributed by atoms with van der Waals surface area (Å²) < 4.78 is 46.0. The first-order valence-corrected chi connectivity index (χ1v) is 6.28. The molecule has 1 aromatic carbocycles. The van der Waals surface area contributed by atoms with Crippen LogP contribution in [0.4, 0.5) is 13.2 Å². The monoisotopic (exact) mass is 301 g/mol. The molecule has 0 aliphatic rings. The Balaban J connectivity index is 3.29. The summed E-state index contributed by atoms with van der Waals surface area (Å²) in [5.41, 5.74) is 0.369. The van der Waals surface area contributed by atoms with Gasteiger partial charge in [-0.25, -0.2) is 0 Å². The summed E-state index contributed by atoms with van der Waals surface area (Å²) in [4.78, 5) is 11.5. The molecule has 0 N–H and O–H groups in total. The molecule has 0 aliphatic heterocycles. The number of hydrogen-bond donors (Lipinski definition) is 0. The van der Waals surface area contributed by atoms with Gasteiger partial charge in [-0.05, 0) is 25.0 Å². The van der Waals surface area contributed by atoms with E-state index in [0.717, 1.165) is 0 Å². The van der Waals surface area contributed by atoms with Gasteiger partial charge in [0.25, 0.3) is 0 Å². The van der Waals surface area contributed by atoms with E-state index in [-0.39, 0.29) is 24.2 Å². The number of carbonyl (C=O) groups is 1. The van der Waals surface area contributed by atoms with E-state index >= 15 is 0 Å². The van der Waals surface area contributed by atoms with Crippen LogP contribution in [0.25, 0.3) is 0 Å². The molecule has 0 saturated heterocycles. The normalized spacial score (nSPS) is 10.9. The van der Waals surface area contributed by atoms with Crippen LogP contribution in [0.2, 0.25) is 0 Å². The second-order valence-electron chi connectivity index (χ2n) is 4.13. The van der Waals surface area contributed by atoms with Gasteiger partial charge in [0.05, 0.1) is 18.6 Å². The van der Waals surface area contributed by atoms with Gasteiger partial charge in [0.15, 0.2) is 5.75 Å². The molecule has 0 bridgehead atoms. The maximum absolute atomic E-state index is 12.5. The molecular weight excluding hydrogens is 287 g/mol. The van der Waals surface area contributed by atoms with Crippen molar-refractivity contribution in [1.82, 2.24) is 0 Å². The lowest BCUT2D eigenvalue weighted by Crippen LogP contribution is -2.20. The van der Waals surface area contributed by atoms with E-state index < -0.39 is 18.1 Å². The van der Waals surface area contributed by atoms with Gasteiger partial charge in [-0.1, -0.05) is 13.0 Å². The number of aryl methyl sites for hydroxylation is 1. The first-order valence-electron chi connectivity index (χ1n) is 6.28. The fraction of sp³-hybridized carbons (Fsp3) is 0.429. The Morgan fingerprint density at radius 2 is 2.00 bits per heavy atom. The number of benzene rings is 1. The lowest BCUT2D eigenvalue weighted by atomic mass is 10.0. The Morgan fingerprint density at radius 1 is 1.33 bits per heavy atom. The average Bonchev–Trinajstić information content (AvgIpc) is 2.39. The number of hydrogen-bond acceptors (Lipinski definition) is 4. The van der Waals surface area contributed by atoms with E-state index in [1.807, 2.05) is 0 Å². The average molecular weight is 301 g/mol. The molecule has 1 rings (SSSR count). The lowest BCUT2D eigenvalue weighted by molar-refractivity contribution is -0.275. The van der Waals surface area contributed by atoms with E-state index in [2.05, 4.69) is 4.74 Å². The van der Waals surface area contributed by atoms with Crippen molar-refractivity contribution in [3.8, 4) is 11.8 Å². The van der Waals surface area contributed by atoms with E-state index in [0.29, 0.717) is 12.0 Å². The smallest absolute Gasteiger partial charge is 0.466 e. The summed E-state index contributed by atoms with van der Waals surface area (Å²) in [5, 5.41) is 8.98. The SMILES string of the molecule is CCOC(=O)Cc1cc(CC)cc(C#N)c1OC(F)(F)F. The topological polar surface area (TPSA) is 59.3 Å². The predicted molar refractivity (Wildman–Crippen MR) is 67.6 cm³/mol. The van der Waals surface area contributed by atoms with E-state index in [9.17, 15) is 18.0 Å². The van der Waals surface area contributed by atoms with Crippen LogP contribution in [0.15, 0.2) is 12.1 Å². The van der Waals surface area contributed by atoms with Crippen LogP contribution in [0.3, 0.4) is 0 Å². The third kappa shape index (κ3) is 4.99. The third-order valence-electron chi connectivity index (χ3n) is 2.61. The Hall–Kier alpha value is -2.23. The number of rotatable bonds is 5. The standard InChI is InChI=1S/C14H14F3NO3/c1-3-9-5-10(7-12(19)20-4-2)13(11(6-9)8-18)21-14(15,16)17/h5-6H,3-4,7H2,1-2H3. The highest BCUT2D eigenvalue weighted by Gasteiger charge is 2.34. The molecule has 0 spiro atoms. The van der Waals surface area contributed by atoms with Gasteiger partial charge in [-0.15, -0.1) is 13.2 Å². The van der Waals surface area contributed by atoms with Crippen LogP contribution in [0.1, 0.15) is 30.5 Å². The molecular formula is C14H14F3NO3. The zero-order valence-electron chi connectivity index (χ0n) is 11.6. The summed E-state index contributed by atoms with van der Waals surface area (Å²) >= 11 is 0. The van der Waals surface area contributed by atoms with Crippen LogP contribution >= 0.6 is 0 Å². The second kappa shape index (κ2) is 6.97. The fourth-order valence-electron chi connectivity index (χ4n) is 1.78. The molecule has 0 fully saturated rings. The first kappa shape index (κ1) is 16.8. The highest BCUT2D eigenvalue weighted by Crippen LogP contribution is 2.32. The van der Waals surface area contributed by atoms with Gasteiger partial charge in [-0.2, -0.15) is 5.26 Å². The van der Waals surface area contributed by atoms with Crippen LogP contribution < -0.4 is 4.74 Å². The number of carbonyl (C=O) groups excluding carboxylic acids is 1. The predicted octanol–water partition coefficient (Wildman–Crippen LogP) is 3.12. The lowest BCUT2D eigenvalue weighted by Gasteiger charge is -2.15. The quantitative estimate of drug-likeness (QED) is 0.784. The molecule has 0 aliphatic carbocycles. The van der Waals surface area contributed by atoms with Gasteiger partial charge in [0, 0.05) is 5.56 Å². The molecule has 0 aromatic heterocycles. The summed E-state index contributed by atoms with van der Waals surface area (Å²) in [5.74, 6) is -1.32. The summed E-state index contributed by atoms with van der Waals surface area (Å²) in [7, 11) is 0. The van der Waals surface area contributed by atoms with Crippen molar-refractivity contribution in [3.05, 3.63) is 28.8 Å². The molecule has 0 unspecified atom stereocenters. The van der Waals surface area contributed by atoms with Crippen LogP contribution in [-0.4, -0.2) is 18.9 Å². The minimum Gasteiger partial charge on any atom is -0.466 e. The van der Waals surface area contributed by atoms with Gasteiger partial charge in [-0.3, -0.25) is 4.79 Å². The molecule has 7 heteroatoms. The first-order chi connectivity index (χ1) is 9.80. The zero-order chi connectivity index (χ0) is 16.0. The minimum atomic E-state index is -4.94. The Morgan fingerprint density at radius 3 is 2.48 bits per heavy atom. The number of ether oxygens (including phenoxy) is 2. The van der Waals surface area contributed by atoms with Crippen molar-refractivity contribution in [2.45, 2.75) is 33.1 Å². The maximum atomic E-state index is 12.5. The van der Waals surface area contributed by atoms with Crippen LogP contribution in [0.5, 0.6) is 5.75 Å². The van der Waals surface area contributed by atoms with Crippen molar-refractivity contribution >= 4 is 5.97 Å². The van der Waals surface area contributed by atoms with Crippen molar-refractivity contribution in [1.29, 1.82) is 5.26 Å². The molecule has 0 atom stereocenters. The molecule has 114 valence electrons. The highest BCUT2D eigenvalue weighted by atomic mass is 19.4. The fourth-order valence-corrected chi connectivity index (χ4v) is 1.78. The summed E-state index contributed by atoms with van der Waals surface area (Å²) in [6, 6.07) is 4.39. The van der Waals surface area contributed by atoms with Crippen LogP contribution in [0, 0.1) is 11.3 Å². The number of nitriles is 1. The molecule has 0 amide bonds. The largest absolute Gasteiger partial charge is 0.573 e. The number of esters is 1. The minimum absolute atomic E-state index is 0.0123. The number of nitrogens with zero attached hydrogens (tertiary/aromatic N) is 1. The summed E-state index contributed by atoms with van der Waals surface area (Å²) in [6.07, 6.45) is -4.82. The van der Waals surface area contributed by atoms with Gasteiger partial charge in [0.2, 0.25) is 0 Å². The van der Waals surface area contributed by atoms with Crippen molar-refractivity contribution in [2.24, 2.45) is 0 Å². The number of halogens is 3. The Kier molecular flexibility index (Phi) is 5.59. The van der Waals surface area contributed by atoms with Gasteiger partial charge < -0.3 is 9.47 Å². The molecule has 4 nitrogen and oxygen atoms in total. The Labute approximate surface area is 120 Å². The van der Waals surface area contributed by atoms with E-state index in [4.69, 9.17) is 10.00 Å². The number of alkyl halides is 3. The maximum Gasteiger partial charge on any atom is 0.573 e. The van der Waals surface area contributed by atoms with Gasteiger partial charge in [0.1, 0.15) is 6.07 Å². The van der Waals surface area contributed by atoms with E-state index in [1.54, 1.807) is 19.9 Å². The van der Waals surface area contributed by atoms with Gasteiger partial charge >= 0.3 is 12.3 Å². The Bertz CT molecular complexity index is 562.